The molecule has 94 valence electrons. The van der Waals surface area contributed by atoms with Gasteiger partial charge in [-0.15, -0.1) is 0 Å². The van der Waals surface area contributed by atoms with Crippen molar-refractivity contribution in [2.24, 2.45) is 0 Å². The van der Waals surface area contributed by atoms with E-state index in [4.69, 9.17) is 16.3 Å². The van der Waals surface area contributed by atoms with E-state index in [1.807, 2.05) is 10.8 Å². The first-order valence-corrected chi connectivity index (χ1v) is 5.93. The highest BCUT2D eigenvalue weighted by Gasteiger charge is 2.05. The molecular formula is C13H13ClN2O2. The average Bonchev–Trinajstić information content (AvgIpc) is 2.84. The molecule has 0 spiro atoms. The van der Waals surface area contributed by atoms with Gasteiger partial charge in [0.05, 0.1) is 17.9 Å². The van der Waals surface area contributed by atoms with Crippen LogP contribution in [0, 0.1) is 0 Å². The summed E-state index contributed by atoms with van der Waals surface area (Å²) in [6.45, 7) is 2.70. The fourth-order valence-electron chi connectivity index (χ4n) is 1.52. The van der Waals surface area contributed by atoms with Gasteiger partial charge in [0.2, 0.25) is 0 Å². The molecule has 18 heavy (non-hydrogen) atoms. The normalized spacial score (nSPS) is 10.3. The number of aromatic nitrogens is 2. The van der Waals surface area contributed by atoms with Crippen LogP contribution in [0.15, 0.2) is 36.9 Å². The van der Waals surface area contributed by atoms with E-state index in [0.29, 0.717) is 29.5 Å². The zero-order valence-electron chi connectivity index (χ0n) is 9.97. The van der Waals surface area contributed by atoms with E-state index in [0.717, 1.165) is 0 Å². The Bertz CT molecular complexity index is 538. The first-order chi connectivity index (χ1) is 8.66. The fourth-order valence-corrected chi connectivity index (χ4v) is 1.75. The lowest BCUT2D eigenvalue weighted by atomic mass is 10.1. The number of hydrogen-bond donors (Lipinski definition) is 0. The van der Waals surface area contributed by atoms with E-state index in [2.05, 4.69) is 4.98 Å². The van der Waals surface area contributed by atoms with Crippen molar-refractivity contribution in [1.29, 1.82) is 0 Å². The van der Waals surface area contributed by atoms with Crippen molar-refractivity contribution in [3.8, 4) is 5.75 Å². The second-order valence-corrected chi connectivity index (χ2v) is 4.26. The highest BCUT2D eigenvalue weighted by Crippen LogP contribution is 2.25. The summed E-state index contributed by atoms with van der Waals surface area (Å²) in [6.07, 6.45) is 5.31. The third kappa shape index (κ3) is 3.11. The minimum Gasteiger partial charge on any atom is -0.490 e. The number of Topliss-reactive ketones (excluding diaryl/α,β-unsaturated/α-hetero) is 1. The monoisotopic (exact) mass is 264 g/mol. The summed E-state index contributed by atoms with van der Waals surface area (Å²) in [5.74, 6) is 0.573. The van der Waals surface area contributed by atoms with Gasteiger partial charge >= 0.3 is 0 Å². The lowest BCUT2D eigenvalue weighted by Crippen LogP contribution is -2.06. The molecule has 0 radical (unpaired) electrons. The molecule has 0 aliphatic heterocycles. The highest BCUT2D eigenvalue weighted by molar-refractivity contribution is 6.32. The van der Waals surface area contributed by atoms with Crippen LogP contribution >= 0.6 is 11.6 Å². The number of ketones is 1. The smallest absolute Gasteiger partial charge is 0.159 e. The van der Waals surface area contributed by atoms with Crippen LogP contribution in [0.3, 0.4) is 0 Å². The number of carbonyl (C=O) groups is 1. The standard InChI is InChI=1S/C13H13ClN2O2/c1-10(17)11-2-3-13(12(14)8-11)18-7-6-16-5-4-15-9-16/h2-5,8-9H,6-7H2,1H3. The SMILES string of the molecule is CC(=O)c1ccc(OCCn2ccnc2)c(Cl)c1. The fraction of sp³-hybridized carbons (Fsp3) is 0.231. The summed E-state index contributed by atoms with van der Waals surface area (Å²) >= 11 is 6.04. The Kier molecular flexibility index (Phi) is 3.99. The molecule has 4 nitrogen and oxygen atoms in total. The van der Waals surface area contributed by atoms with Gasteiger partial charge in [-0.2, -0.15) is 0 Å². The number of hydrogen-bond acceptors (Lipinski definition) is 3. The zero-order valence-corrected chi connectivity index (χ0v) is 10.7. The summed E-state index contributed by atoms with van der Waals surface area (Å²) in [5, 5.41) is 0.452. The van der Waals surface area contributed by atoms with E-state index in [9.17, 15) is 4.79 Å². The molecule has 1 aromatic carbocycles. The molecule has 0 atom stereocenters. The van der Waals surface area contributed by atoms with E-state index in [1.54, 1.807) is 30.7 Å². The van der Waals surface area contributed by atoms with Gasteiger partial charge in [-0.05, 0) is 25.1 Å². The third-order valence-corrected chi connectivity index (χ3v) is 2.80. The first-order valence-electron chi connectivity index (χ1n) is 5.56. The van der Waals surface area contributed by atoms with Crippen molar-refractivity contribution in [2.45, 2.75) is 13.5 Å². The molecule has 0 saturated carbocycles. The molecule has 5 heteroatoms. The van der Waals surface area contributed by atoms with Gasteiger partial charge in [-0.25, -0.2) is 4.98 Å². The topological polar surface area (TPSA) is 44.1 Å². The molecule has 2 rings (SSSR count). The largest absolute Gasteiger partial charge is 0.490 e. The van der Waals surface area contributed by atoms with Crippen LogP contribution in [0.1, 0.15) is 17.3 Å². The maximum absolute atomic E-state index is 11.2. The van der Waals surface area contributed by atoms with Crippen LogP contribution in [0.5, 0.6) is 5.75 Å². The van der Waals surface area contributed by atoms with Gasteiger partial charge in [0.1, 0.15) is 12.4 Å². The van der Waals surface area contributed by atoms with Crippen LogP contribution in [-0.2, 0) is 6.54 Å². The Morgan fingerprint density at radius 1 is 1.50 bits per heavy atom. The maximum Gasteiger partial charge on any atom is 0.159 e. The maximum atomic E-state index is 11.2. The summed E-state index contributed by atoms with van der Waals surface area (Å²) < 4.78 is 7.47. The van der Waals surface area contributed by atoms with Crippen molar-refractivity contribution in [2.75, 3.05) is 6.61 Å². The number of halogens is 1. The van der Waals surface area contributed by atoms with Crippen molar-refractivity contribution >= 4 is 17.4 Å². The van der Waals surface area contributed by atoms with Gasteiger partial charge in [-0.3, -0.25) is 4.79 Å². The number of rotatable bonds is 5. The number of carbonyl (C=O) groups excluding carboxylic acids is 1. The summed E-state index contributed by atoms with van der Waals surface area (Å²) in [5.41, 5.74) is 0.585. The Labute approximate surface area is 110 Å². The summed E-state index contributed by atoms with van der Waals surface area (Å²) in [6, 6.07) is 5.05. The van der Waals surface area contributed by atoms with Crippen LogP contribution in [0.25, 0.3) is 0 Å². The molecule has 0 aliphatic rings. The molecule has 0 saturated heterocycles. The lowest BCUT2D eigenvalue weighted by molar-refractivity contribution is 0.101. The van der Waals surface area contributed by atoms with E-state index in [-0.39, 0.29) is 5.78 Å². The Hall–Kier alpha value is -1.81. The third-order valence-electron chi connectivity index (χ3n) is 2.50. The predicted octanol–water partition coefficient (Wildman–Crippen LogP) is 2.82. The van der Waals surface area contributed by atoms with Crippen molar-refractivity contribution in [3.05, 3.63) is 47.5 Å². The van der Waals surface area contributed by atoms with Crippen molar-refractivity contribution in [1.82, 2.24) is 9.55 Å². The molecule has 0 fully saturated rings. The molecule has 1 heterocycles. The van der Waals surface area contributed by atoms with Crippen LogP contribution in [0.2, 0.25) is 5.02 Å². The highest BCUT2D eigenvalue weighted by atomic mass is 35.5. The second-order valence-electron chi connectivity index (χ2n) is 3.85. The number of ether oxygens (including phenoxy) is 1. The van der Waals surface area contributed by atoms with Crippen LogP contribution in [0.4, 0.5) is 0 Å². The van der Waals surface area contributed by atoms with Gasteiger partial charge < -0.3 is 9.30 Å². The molecular weight excluding hydrogens is 252 g/mol. The molecule has 0 amide bonds. The Morgan fingerprint density at radius 3 is 2.94 bits per heavy atom. The van der Waals surface area contributed by atoms with Gasteiger partial charge in [0, 0.05) is 18.0 Å². The number of benzene rings is 1. The summed E-state index contributed by atoms with van der Waals surface area (Å²) in [7, 11) is 0. The van der Waals surface area contributed by atoms with Crippen molar-refractivity contribution in [3.63, 3.8) is 0 Å². The second kappa shape index (κ2) is 5.69. The van der Waals surface area contributed by atoms with E-state index >= 15 is 0 Å². The number of imidazole rings is 1. The lowest BCUT2D eigenvalue weighted by Gasteiger charge is -2.09. The van der Waals surface area contributed by atoms with Crippen LogP contribution < -0.4 is 4.74 Å². The summed E-state index contributed by atoms with van der Waals surface area (Å²) in [4.78, 5) is 15.1. The first kappa shape index (κ1) is 12.6. The average molecular weight is 265 g/mol. The minimum atomic E-state index is -0.0122. The molecule has 0 aliphatic carbocycles. The molecule has 0 bridgehead atoms. The van der Waals surface area contributed by atoms with Crippen LogP contribution in [-0.4, -0.2) is 21.9 Å². The molecule has 0 N–H and O–H groups in total. The molecule has 0 unspecified atom stereocenters. The van der Waals surface area contributed by atoms with Gasteiger partial charge in [-0.1, -0.05) is 11.6 Å². The molecule has 2 aromatic rings. The van der Waals surface area contributed by atoms with E-state index in [1.165, 1.54) is 6.92 Å². The van der Waals surface area contributed by atoms with Gasteiger partial charge in [0.15, 0.2) is 5.78 Å². The van der Waals surface area contributed by atoms with Gasteiger partial charge in [0.25, 0.3) is 0 Å². The van der Waals surface area contributed by atoms with E-state index < -0.39 is 0 Å². The Balaban J connectivity index is 1.95. The Morgan fingerprint density at radius 2 is 2.33 bits per heavy atom. The minimum absolute atomic E-state index is 0.0122. The zero-order chi connectivity index (χ0) is 13.0. The van der Waals surface area contributed by atoms with Crippen molar-refractivity contribution < 1.29 is 9.53 Å². The number of nitrogens with zero attached hydrogens (tertiary/aromatic N) is 2. The molecule has 1 aromatic heterocycles. The quantitative estimate of drug-likeness (QED) is 0.780. The predicted molar refractivity (Wildman–Crippen MR) is 69.2 cm³/mol.